The van der Waals surface area contributed by atoms with Crippen LogP contribution < -0.4 is 5.56 Å². The number of hydrogen-bond acceptors (Lipinski definition) is 6. The van der Waals surface area contributed by atoms with Crippen molar-refractivity contribution in [3.05, 3.63) is 26.6 Å². The van der Waals surface area contributed by atoms with Crippen LogP contribution in [-0.4, -0.2) is 35.8 Å². The second kappa shape index (κ2) is 8.42. The highest BCUT2D eigenvalue weighted by molar-refractivity contribution is 7.18. The zero-order valence-electron chi connectivity index (χ0n) is 19.3. The largest absolute Gasteiger partial charge is 0.464 e. The van der Waals surface area contributed by atoms with Crippen molar-refractivity contribution in [1.29, 1.82) is 0 Å². The topological polar surface area (TPSA) is 70.4 Å². The van der Waals surface area contributed by atoms with Gasteiger partial charge in [0.15, 0.2) is 0 Å². The van der Waals surface area contributed by atoms with Crippen molar-refractivity contribution in [2.75, 3.05) is 20.3 Å². The van der Waals surface area contributed by atoms with E-state index in [4.69, 9.17) is 14.5 Å². The van der Waals surface area contributed by atoms with Gasteiger partial charge in [-0.3, -0.25) is 9.36 Å². The van der Waals surface area contributed by atoms with Gasteiger partial charge < -0.3 is 9.47 Å². The lowest BCUT2D eigenvalue weighted by atomic mass is 9.72. The van der Waals surface area contributed by atoms with Gasteiger partial charge in [-0.25, -0.2) is 9.78 Å². The summed E-state index contributed by atoms with van der Waals surface area (Å²) >= 11 is 1.64. The molecule has 2 aromatic rings. The Kier molecular flexibility index (Phi) is 6.44. The maximum atomic E-state index is 13.8. The molecule has 1 unspecified atom stereocenters. The molecule has 0 bridgehead atoms. The van der Waals surface area contributed by atoms with Gasteiger partial charge in [-0.2, -0.15) is 0 Å². The highest BCUT2D eigenvalue weighted by Gasteiger charge is 2.37. The molecule has 0 saturated carbocycles. The lowest BCUT2D eigenvalue weighted by molar-refractivity contribution is -0.152. The van der Waals surface area contributed by atoms with E-state index in [9.17, 15) is 9.59 Å². The maximum Gasteiger partial charge on any atom is 0.331 e. The van der Waals surface area contributed by atoms with E-state index in [2.05, 4.69) is 20.8 Å². The van der Waals surface area contributed by atoms with E-state index in [1.165, 1.54) is 9.44 Å². The highest BCUT2D eigenvalue weighted by Crippen LogP contribution is 2.42. The Labute approximate surface area is 182 Å². The Balaban J connectivity index is 2.20. The Morgan fingerprint density at radius 1 is 1.27 bits per heavy atom. The summed E-state index contributed by atoms with van der Waals surface area (Å²) in [5.41, 5.74) is 0.0711. The first-order valence-electron chi connectivity index (χ1n) is 10.7. The van der Waals surface area contributed by atoms with Crippen LogP contribution in [0.2, 0.25) is 0 Å². The summed E-state index contributed by atoms with van der Waals surface area (Å²) < 4.78 is 12.1. The molecule has 1 atom stereocenters. The van der Waals surface area contributed by atoms with Gasteiger partial charge in [0.2, 0.25) is 0 Å². The fourth-order valence-corrected chi connectivity index (χ4v) is 5.65. The molecule has 0 aliphatic heterocycles. The number of carbonyl (C=O) groups is 1. The number of ether oxygens (including phenoxy) is 2. The number of hydrogen-bond donors (Lipinski definition) is 0. The minimum Gasteiger partial charge on any atom is -0.464 e. The first kappa shape index (κ1) is 22.9. The zero-order chi connectivity index (χ0) is 22.3. The number of esters is 1. The minimum absolute atomic E-state index is 0.143. The van der Waals surface area contributed by atoms with Crippen LogP contribution in [-0.2, 0) is 39.1 Å². The summed E-state index contributed by atoms with van der Waals surface area (Å²) in [5.74, 6) is 0.728. The summed E-state index contributed by atoms with van der Waals surface area (Å²) in [7, 11) is 1.62. The van der Waals surface area contributed by atoms with Crippen LogP contribution in [0.3, 0.4) is 0 Å². The quantitative estimate of drug-likeness (QED) is 0.640. The summed E-state index contributed by atoms with van der Waals surface area (Å²) in [6.45, 7) is 12.8. The number of fused-ring (bicyclic) bond motifs is 3. The van der Waals surface area contributed by atoms with Gasteiger partial charge in [0.25, 0.3) is 5.56 Å². The molecule has 0 saturated heterocycles. The van der Waals surface area contributed by atoms with Gasteiger partial charge >= 0.3 is 5.97 Å². The van der Waals surface area contributed by atoms with Crippen LogP contribution in [0, 0.1) is 11.3 Å². The number of carbonyl (C=O) groups excluding carboxylic acids is 1. The van der Waals surface area contributed by atoms with Crippen molar-refractivity contribution < 1.29 is 14.3 Å². The van der Waals surface area contributed by atoms with Crippen LogP contribution in [0.5, 0.6) is 0 Å². The molecule has 2 heterocycles. The van der Waals surface area contributed by atoms with E-state index in [-0.39, 0.29) is 17.6 Å². The molecule has 0 N–H and O–H groups in total. The summed E-state index contributed by atoms with van der Waals surface area (Å²) in [6, 6.07) is 0. The van der Waals surface area contributed by atoms with Crippen LogP contribution >= 0.6 is 11.3 Å². The van der Waals surface area contributed by atoms with E-state index in [0.717, 1.165) is 29.7 Å². The molecular weight excluding hydrogens is 400 g/mol. The zero-order valence-corrected chi connectivity index (χ0v) is 20.1. The van der Waals surface area contributed by atoms with Crippen molar-refractivity contribution in [3.63, 3.8) is 0 Å². The third kappa shape index (κ3) is 4.06. The molecule has 0 radical (unpaired) electrons. The molecule has 0 amide bonds. The Morgan fingerprint density at radius 2 is 1.97 bits per heavy atom. The first-order valence-corrected chi connectivity index (χ1v) is 11.6. The van der Waals surface area contributed by atoms with E-state index in [1.807, 2.05) is 0 Å². The first-order chi connectivity index (χ1) is 14.0. The molecular formula is C23H34N2O4S. The molecule has 30 heavy (non-hydrogen) atoms. The SMILES string of the molecule is CCOC(=O)C(C)(C)n1c(CCOC)nc2sc3c(c2c1=O)CCC(C(C)(C)C)C3. The van der Waals surface area contributed by atoms with E-state index >= 15 is 0 Å². The van der Waals surface area contributed by atoms with Gasteiger partial charge in [0, 0.05) is 18.4 Å². The van der Waals surface area contributed by atoms with Crippen molar-refractivity contribution >= 4 is 27.5 Å². The van der Waals surface area contributed by atoms with Gasteiger partial charge in [0.05, 0.1) is 18.6 Å². The smallest absolute Gasteiger partial charge is 0.331 e. The van der Waals surface area contributed by atoms with Gasteiger partial charge in [-0.05, 0) is 56.9 Å². The number of aromatic nitrogens is 2. The van der Waals surface area contributed by atoms with Crippen molar-refractivity contribution in [3.8, 4) is 0 Å². The Bertz CT molecular complexity index is 997. The molecule has 1 aliphatic rings. The molecule has 1 aliphatic carbocycles. The number of methoxy groups -OCH3 is 1. The Morgan fingerprint density at radius 3 is 2.57 bits per heavy atom. The third-order valence-electron chi connectivity index (χ3n) is 6.24. The average molecular weight is 435 g/mol. The molecule has 2 aromatic heterocycles. The van der Waals surface area contributed by atoms with Crippen molar-refractivity contribution in [2.24, 2.45) is 11.3 Å². The summed E-state index contributed by atoms with van der Waals surface area (Å²) in [5, 5.41) is 0.681. The van der Waals surface area contributed by atoms with Gasteiger partial charge in [-0.15, -0.1) is 11.3 Å². The molecule has 3 rings (SSSR count). The molecule has 7 heteroatoms. The standard InChI is InChI=1S/C23H34N2O4S/c1-8-29-21(27)23(5,6)25-17(11-12-28-7)24-19-18(20(25)26)15-10-9-14(22(2,3)4)13-16(15)30-19/h14H,8-13H2,1-7H3. The minimum atomic E-state index is -1.14. The average Bonchev–Trinajstić information content (AvgIpc) is 3.03. The summed E-state index contributed by atoms with van der Waals surface area (Å²) in [6.07, 6.45) is 3.38. The molecule has 0 fully saturated rings. The van der Waals surface area contributed by atoms with Gasteiger partial charge in [-0.1, -0.05) is 20.8 Å². The predicted molar refractivity (Wildman–Crippen MR) is 120 cm³/mol. The lowest BCUT2D eigenvalue weighted by Gasteiger charge is -2.33. The fourth-order valence-electron chi connectivity index (χ4n) is 4.34. The molecule has 166 valence electrons. The highest BCUT2D eigenvalue weighted by atomic mass is 32.1. The van der Waals surface area contributed by atoms with E-state index in [0.29, 0.717) is 30.2 Å². The van der Waals surface area contributed by atoms with Crippen LogP contribution in [0.25, 0.3) is 10.2 Å². The van der Waals surface area contributed by atoms with E-state index in [1.54, 1.807) is 39.2 Å². The van der Waals surface area contributed by atoms with Crippen LogP contribution in [0.1, 0.15) is 64.2 Å². The van der Waals surface area contributed by atoms with Crippen LogP contribution in [0.15, 0.2) is 4.79 Å². The molecule has 0 spiro atoms. The number of thiophene rings is 1. The predicted octanol–water partition coefficient (Wildman–Crippen LogP) is 4.10. The lowest BCUT2D eigenvalue weighted by Crippen LogP contribution is -2.46. The van der Waals surface area contributed by atoms with Gasteiger partial charge in [0.1, 0.15) is 16.2 Å². The number of nitrogens with zero attached hydrogens (tertiary/aromatic N) is 2. The normalized spacial score (nSPS) is 17.2. The van der Waals surface area contributed by atoms with Crippen molar-refractivity contribution in [1.82, 2.24) is 9.55 Å². The second-order valence-electron chi connectivity index (χ2n) is 9.68. The maximum absolute atomic E-state index is 13.8. The molecule has 0 aromatic carbocycles. The third-order valence-corrected chi connectivity index (χ3v) is 7.39. The second-order valence-corrected chi connectivity index (χ2v) is 10.8. The summed E-state index contributed by atoms with van der Waals surface area (Å²) in [4.78, 5) is 33.4. The van der Waals surface area contributed by atoms with Crippen molar-refractivity contribution in [2.45, 2.75) is 72.8 Å². The Hall–Kier alpha value is -1.73. The molecule has 6 nitrogen and oxygen atoms in total. The number of aryl methyl sites for hydroxylation is 1. The van der Waals surface area contributed by atoms with E-state index < -0.39 is 11.5 Å². The van der Waals surface area contributed by atoms with Crippen LogP contribution in [0.4, 0.5) is 0 Å². The monoisotopic (exact) mass is 434 g/mol. The number of rotatable bonds is 6. The fraction of sp³-hybridized carbons (Fsp3) is 0.696.